The number of rotatable bonds is 6. The Kier molecular flexibility index (Phi) is 25.0. The average molecular weight is 247 g/mol. The van der Waals surface area contributed by atoms with Gasteiger partial charge in [-0.3, -0.25) is 4.79 Å². The molecule has 0 aliphatic rings. The molecule has 0 bridgehead atoms. The van der Waals surface area contributed by atoms with Gasteiger partial charge < -0.3 is 16.6 Å². The van der Waals surface area contributed by atoms with Crippen molar-refractivity contribution in [3.8, 4) is 0 Å². The van der Waals surface area contributed by atoms with E-state index < -0.39 is 0 Å². The summed E-state index contributed by atoms with van der Waals surface area (Å²) in [5.41, 5.74) is 0. The molecule has 0 aliphatic heterocycles. The summed E-state index contributed by atoms with van der Waals surface area (Å²) in [7, 11) is 0. The van der Waals surface area contributed by atoms with Crippen molar-refractivity contribution < 1.29 is 26.6 Å². The van der Waals surface area contributed by atoms with E-state index in [1.54, 1.807) is 6.61 Å². The Morgan fingerprint density at radius 1 is 1.36 bits per heavy atom. The second kappa shape index (κ2) is 18.3. The second-order valence-corrected chi connectivity index (χ2v) is 2.63. The minimum atomic E-state index is -0.222. The van der Waals surface area contributed by atoms with Gasteiger partial charge in [0.25, 0.3) is 5.97 Å². The molecule has 0 heterocycles. The molecule has 0 aromatic carbocycles. The maximum atomic E-state index is 10.3. The average Bonchev–Trinajstić information content (AvgIpc) is 2.14. The molecule has 0 fully saturated rings. The number of hydrogen-bond acceptors (Lipinski definition) is 3. The predicted molar refractivity (Wildman–Crippen MR) is 49.8 cm³/mol. The van der Waals surface area contributed by atoms with Gasteiger partial charge >= 0.3 is 17.1 Å². The Labute approximate surface area is 97.3 Å². The molecule has 0 unspecified atom stereocenters. The van der Waals surface area contributed by atoms with Crippen LogP contribution in [0.1, 0.15) is 46.0 Å². The number of carbonyl (C=O) groups is 1. The van der Waals surface area contributed by atoms with Gasteiger partial charge in [-0.25, -0.2) is 0 Å². The van der Waals surface area contributed by atoms with Crippen molar-refractivity contribution >= 4 is 5.97 Å². The topological polar surface area (TPSA) is 50.1 Å². The Bertz CT molecular complexity index is 137. The van der Waals surface area contributed by atoms with Crippen LogP contribution in [0, 0.1) is 18.4 Å². The largest absolute Gasteiger partial charge is 2.00 e. The van der Waals surface area contributed by atoms with E-state index >= 15 is 0 Å². The normalized spacial score (nSPS) is 7.71. The fraction of sp³-hybridized carbons (Fsp3) is 0.700. The van der Waals surface area contributed by atoms with E-state index in [-0.39, 0.29) is 23.0 Å². The molecule has 0 atom stereocenters. The number of nitrogens with zero attached hydrogens (tertiary/aromatic N) is 1. The quantitative estimate of drug-likeness (QED) is 0.313. The molecule has 85 valence electrons. The molecule has 0 aromatic heterocycles. The zero-order chi connectivity index (χ0) is 10.5. The van der Waals surface area contributed by atoms with Crippen molar-refractivity contribution in [1.29, 1.82) is 5.26 Å². The van der Waals surface area contributed by atoms with Gasteiger partial charge in [-0.2, -0.15) is 6.61 Å². The summed E-state index contributed by atoms with van der Waals surface area (Å²) in [6, 6.07) is 0. The smallest absolute Gasteiger partial charge is 0.637 e. The third-order valence-electron chi connectivity index (χ3n) is 1.42. The summed E-state index contributed by atoms with van der Waals surface area (Å²) in [5, 5.41) is 6.25. The van der Waals surface area contributed by atoms with Crippen LogP contribution in [0.15, 0.2) is 0 Å². The number of carbonyl (C=O) groups excluding carboxylic acids is 1. The fourth-order valence-electron chi connectivity index (χ4n) is 0.831. The van der Waals surface area contributed by atoms with Crippen molar-refractivity contribution in [2.45, 2.75) is 46.0 Å². The summed E-state index contributed by atoms with van der Waals surface area (Å²) < 4.78 is 4.66. The van der Waals surface area contributed by atoms with Crippen LogP contribution in [0.25, 0.3) is 0 Å². The SMILES string of the molecule is CCCCCC[CH-]OC(C)=O.[C-]#N.[Cu+2]. The van der Waals surface area contributed by atoms with Crippen LogP contribution in [-0.2, 0) is 26.6 Å². The number of unbranched alkanes of at least 4 members (excludes halogenated alkanes) is 4. The summed E-state index contributed by atoms with van der Waals surface area (Å²) in [4.78, 5) is 10.3. The van der Waals surface area contributed by atoms with Gasteiger partial charge in [0.05, 0.1) is 0 Å². The molecule has 1 radical (unpaired) electrons. The molecule has 3 nitrogen and oxygen atoms in total. The molecule has 0 saturated heterocycles. The van der Waals surface area contributed by atoms with Gasteiger partial charge in [-0.15, -0.1) is 6.42 Å². The predicted octanol–water partition coefficient (Wildman–Crippen LogP) is 2.78. The molecule has 0 rings (SSSR count). The van der Waals surface area contributed by atoms with E-state index in [4.69, 9.17) is 11.8 Å². The van der Waals surface area contributed by atoms with Crippen LogP contribution in [0.5, 0.6) is 0 Å². The minimum Gasteiger partial charge on any atom is -0.637 e. The molecule has 0 spiro atoms. The minimum absolute atomic E-state index is 0. The van der Waals surface area contributed by atoms with Crippen LogP contribution >= 0.6 is 0 Å². The Morgan fingerprint density at radius 2 is 1.93 bits per heavy atom. The molecular weight excluding hydrogens is 230 g/mol. The molecule has 0 amide bonds. The first kappa shape index (κ1) is 19.1. The zero-order valence-electron chi connectivity index (χ0n) is 8.68. The summed E-state index contributed by atoms with van der Waals surface area (Å²) >= 11 is 0. The van der Waals surface area contributed by atoms with Gasteiger partial charge in [0.1, 0.15) is 0 Å². The summed E-state index contributed by atoms with van der Waals surface area (Å²) in [6.07, 6.45) is 5.76. The Morgan fingerprint density at radius 3 is 2.36 bits per heavy atom. The third-order valence-corrected chi connectivity index (χ3v) is 1.42. The Balaban J connectivity index is -0.000000376. The summed E-state index contributed by atoms with van der Waals surface area (Å²) in [5.74, 6) is -0.222. The van der Waals surface area contributed by atoms with Gasteiger partial charge in [-0.1, -0.05) is 32.6 Å². The van der Waals surface area contributed by atoms with Gasteiger partial charge in [0, 0.05) is 6.92 Å². The van der Waals surface area contributed by atoms with E-state index in [1.165, 1.54) is 26.2 Å². The molecule has 14 heavy (non-hydrogen) atoms. The monoisotopic (exact) mass is 246 g/mol. The third kappa shape index (κ3) is 22.5. The van der Waals surface area contributed by atoms with Gasteiger partial charge in [0.2, 0.25) is 0 Å². The van der Waals surface area contributed by atoms with Crippen LogP contribution in [0.4, 0.5) is 0 Å². The maximum absolute atomic E-state index is 10.3. The molecule has 0 aromatic rings. The first-order valence-electron chi connectivity index (χ1n) is 4.48. The molecule has 0 N–H and O–H groups in total. The first-order valence-corrected chi connectivity index (χ1v) is 4.48. The van der Waals surface area contributed by atoms with E-state index in [2.05, 4.69) is 11.7 Å². The van der Waals surface area contributed by atoms with Crippen molar-refractivity contribution in [3.63, 3.8) is 0 Å². The fourth-order valence-corrected chi connectivity index (χ4v) is 0.831. The standard InChI is InChI=1S/C9H17O2.CN.Cu/c1-3-4-5-6-7-8-11-9(2)10;1-2;/h8H,3-7H2,1-2H3;;/q2*-1;+2. The van der Waals surface area contributed by atoms with Crippen LogP contribution in [0.2, 0.25) is 0 Å². The molecule has 0 saturated carbocycles. The second-order valence-electron chi connectivity index (χ2n) is 2.63. The van der Waals surface area contributed by atoms with Crippen LogP contribution < -0.4 is 0 Å². The van der Waals surface area contributed by atoms with E-state index in [1.807, 2.05) is 0 Å². The van der Waals surface area contributed by atoms with Gasteiger partial charge in [-0.05, 0) is 0 Å². The van der Waals surface area contributed by atoms with E-state index in [0.29, 0.717) is 0 Å². The van der Waals surface area contributed by atoms with Crippen molar-refractivity contribution in [1.82, 2.24) is 0 Å². The molecule has 4 heteroatoms. The Hall–Kier alpha value is -0.521. The van der Waals surface area contributed by atoms with Crippen LogP contribution in [0.3, 0.4) is 0 Å². The number of esters is 1. The van der Waals surface area contributed by atoms with Crippen molar-refractivity contribution in [2.75, 3.05) is 0 Å². The molecule has 0 aliphatic carbocycles. The summed E-state index contributed by atoms with van der Waals surface area (Å²) in [6.45, 7) is 9.94. The van der Waals surface area contributed by atoms with E-state index in [0.717, 1.165) is 12.8 Å². The van der Waals surface area contributed by atoms with E-state index in [9.17, 15) is 4.79 Å². The van der Waals surface area contributed by atoms with Crippen molar-refractivity contribution in [3.05, 3.63) is 13.2 Å². The zero-order valence-corrected chi connectivity index (χ0v) is 9.62. The number of hydrogen-bond donors (Lipinski definition) is 0. The number of ether oxygens (including phenoxy) is 1. The maximum Gasteiger partial charge on any atom is 2.00 e. The van der Waals surface area contributed by atoms with Crippen molar-refractivity contribution in [2.24, 2.45) is 0 Å². The van der Waals surface area contributed by atoms with Crippen LogP contribution in [-0.4, -0.2) is 5.97 Å². The first-order chi connectivity index (χ1) is 6.27. The van der Waals surface area contributed by atoms with Gasteiger partial charge in [0.15, 0.2) is 0 Å². The molecular formula is C10H17CuNO2.